The summed E-state index contributed by atoms with van der Waals surface area (Å²) >= 11 is 0. The molecule has 0 aromatic heterocycles. The summed E-state index contributed by atoms with van der Waals surface area (Å²) in [5, 5.41) is 25.6. The second-order valence-corrected chi connectivity index (χ2v) is 4.65. The van der Waals surface area contributed by atoms with Crippen LogP contribution in [0.4, 0.5) is 5.69 Å². The number of hydrogen-bond acceptors (Lipinski definition) is 7. The Balaban J connectivity index is 2.36. The minimum atomic E-state index is -1.27. The number of hydrogen-bond donors (Lipinski definition) is 4. The maximum Gasteiger partial charge on any atom is 0.302 e. The molecule has 1 heterocycles. The van der Waals surface area contributed by atoms with Crippen LogP contribution in [0.3, 0.4) is 0 Å². The lowest BCUT2D eigenvalue weighted by atomic mass is 10.1. The van der Waals surface area contributed by atoms with Crippen LogP contribution in [0.5, 0.6) is 5.75 Å². The zero-order chi connectivity index (χ0) is 16.8. The van der Waals surface area contributed by atoms with Gasteiger partial charge in [-0.1, -0.05) is 12.1 Å². The zero-order valence-corrected chi connectivity index (χ0v) is 12.5. The van der Waals surface area contributed by atoms with Gasteiger partial charge in [0.25, 0.3) is 0 Å². The number of amidine groups is 1. The van der Waals surface area contributed by atoms with Gasteiger partial charge in [-0.05, 0) is 12.1 Å². The minimum Gasteiger partial charge on any atom is -0.495 e. The summed E-state index contributed by atoms with van der Waals surface area (Å²) in [4.78, 5) is 18.8. The van der Waals surface area contributed by atoms with Crippen LogP contribution in [0.25, 0.3) is 0 Å². The van der Waals surface area contributed by atoms with Crippen LogP contribution in [-0.4, -0.2) is 54.3 Å². The van der Waals surface area contributed by atoms with Crippen molar-refractivity contribution in [2.45, 2.75) is 12.2 Å². The van der Waals surface area contributed by atoms with Crippen molar-refractivity contribution >= 4 is 17.5 Å². The van der Waals surface area contributed by atoms with E-state index in [1.807, 2.05) is 0 Å². The number of aliphatic hydroxyl groups excluding tert-OH is 1. The van der Waals surface area contributed by atoms with Crippen molar-refractivity contribution < 1.29 is 14.8 Å². The number of para-hydroxylation sites is 2. The van der Waals surface area contributed by atoms with Gasteiger partial charge in [-0.25, -0.2) is 4.99 Å². The number of rotatable bonds is 5. The van der Waals surface area contributed by atoms with Crippen molar-refractivity contribution in [2.75, 3.05) is 25.6 Å². The molecule has 2 atom stereocenters. The maximum atomic E-state index is 11.3. The van der Waals surface area contributed by atoms with Crippen molar-refractivity contribution in [1.82, 2.24) is 5.32 Å². The number of aliphatic hydroxyl groups is 1. The second kappa shape index (κ2) is 7.51. The standard InChI is InChI=1S/C13H18N6O4/c1-23-9-5-3-2-4-8(9)16-12-10(19(21)22)11(14)17-13(18-12)15-6-7-20/h2-5,10-11,20H,6-7,14H2,1H3,(H2,15,16,17,18). The van der Waals surface area contributed by atoms with Crippen LogP contribution in [0.15, 0.2) is 34.3 Å². The summed E-state index contributed by atoms with van der Waals surface area (Å²) in [7, 11) is 1.50. The third-order valence-corrected chi connectivity index (χ3v) is 3.10. The molecule has 2 unspecified atom stereocenters. The molecule has 0 saturated carbocycles. The number of nitrogens with zero attached hydrogens (tertiary/aromatic N) is 3. The number of aliphatic imine (C=N–C) groups is 2. The summed E-state index contributed by atoms with van der Waals surface area (Å²) < 4.78 is 5.20. The fraction of sp³-hybridized carbons (Fsp3) is 0.385. The van der Waals surface area contributed by atoms with Gasteiger partial charge in [-0.2, -0.15) is 4.99 Å². The van der Waals surface area contributed by atoms with Crippen LogP contribution >= 0.6 is 0 Å². The SMILES string of the molecule is COc1ccccc1NC1=NC(=NCCO)NC(N)C1[N+](=O)[O-]. The highest BCUT2D eigenvalue weighted by Crippen LogP contribution is 2.24. The molecule has 10 nitrogen and oxygen atoms in total. The average Bonchev–Trinajstić information content (AvgIpc) is 2.52. The quantitative estimate of drug-likeness (QED) is 0.417. The largest absolute Gasteiger partial charge is 0.495 e. The topological polar surface area (TPSA) is 147 Å². The molecule has 0 aliphatic carbocycles. The van der Waals surface area contributed by atoms with Crippen LogP contribution in [0.1, 0.15) is 0 Å². The fourth-order valence-corrected chi connectivity index (χ4v) is 2.07. The number of ether oxygens (including phenoxy) is 1. The Kier molecular flexibility index (Phi) is 5.44. The van der Waals surface area contributed by atoms with Crippen molar-refractivity contribution in [3.8, 4) is 5.75 Å². The Morgan fingerprint density at radius 3 is 2.96 bits per heavy atom. The Morgan fingerprint density at radius 1 is 1.57 bits per heavy atom. The van der Waals surface area contributed by atoms with Crippen molar-refractivity contribution in [2.24, 2.45) is 15.7 Å². The Hall–Kier alpha value is -2.72. The highest BCUT2D eigenvalue weighted by molar-refractivity contribution is 6.08. The summed E-state index contributed by atoms with van der Waals surface area (Å²) in [6.07, 6.45) is -1.00. The van der Waals surface area contributed by atoms with E-state index < -0.39 is 17.1 Å². The summed E-state index contributed by atoms with van der Waals surface area (Å²) in [6.45, 7) is -0.0481. The van der Waals surface area contributed by atoms with Crippen LogP contribution in [-0.2, 0) is 0 Å². The van der Waals surface area contributed by atoms with Gasteiger partial charge < -0.3 is 26.2 Å². The smallest absolute Gasteiger partial charge is 0.302 e. The van der Waals surface area contributed by atoms with Crippen molar-refractivity contribution in [1.29, 1.82) is 0 Å². The molecule has 0 amide bonds. The highest BCUT2D eigenvalue weighted by Gasteiger charge is 2.39. The van der Waals surface area contributed by atoms with Gasteiger partial charge in [-0.15, -0.1) is 0 Å². The predicted octanol–water partition coefficient (Wildman–Crippen LogP) is -0.613. The number of nitro groups is 1. The van der Waals surface area contributed by atoms with Gasteiger partial charge >= 0.3 is 6.04 Å². The molecule has 1 aromatic carbocycles. The Labute approximate surface area is 132 Å². The van der Waals surface area contributed by atoms with E-state index in [1.54, 1.807) is 24.3 Å². The average molecular weight is 322 g/mol. The van der Waals surface area contributed by atoms with Crippen LogP contribution in [0.2, 0.25) is 0 Å². The van der Waals surface area contributed by atoms with Crippen LogP contribution in [0, 0.1) is 10.1 Å². The lowest BCUT2D eigenvalue weighted by Crippen LogP contribution is -2.60. The predicted molar refractivity (Wildman–Crippen MR) is 85.3 cm³/mol. The summed E-state index contributed by atoms with van der Waals surface area (Å²) in [5.74, 6) is 0.683. The summed E-state index contributed by atoms with van der Waals surface area (Å²) in [5.41, 5.74) is 6.33. The second-order valence-electron chi connectivity index (χ2n) is 4.65. The molecule has 1 aliphatic heterocycles. The first-order chi connectivity index (χ1) is 11.1. The summed E-state index contributed by atoms with van der Waals surface area (Å²) in [6, 6.07) is 5.68. The third kappa shape index (κ3) is 3.93. The molecular weight excluding hydrogens is 304 g/mol. The number of methoxy groups -OCH3 is 1. The van der Waals surface area contributed by atoms with Gasteiger partial charge in [0.05, 0.1) is 25.9 Å². The van der Waals surface area contributed by atoms with Gasteiger partial charge in [0, 0.05) is 4.92 Å². The number of nitrogens with two attached hydrogens (primary N) is 1. The zero-order valence-electron chi connectivity index (χ0n) is 12.5. The monoisotopic (exact) mass is 322 g/mol. The number of nitrogens with one attached hydrogen (secondary N) is 2. The lowest BCUT2D eigenvalue weighted by Gasteiger charge is -2.25. The molecule has 124 valence electrons. The molecule has 0 fully saturated rings. The number of anilines is 1. The minimum absolute atomic E-state index is 0.0439. The van der Waals surface area contributed by atoms with Crippen molar-refractivity contribution in [3.05, 3.63) is 34.4 Å². The van der Waals surface area contributed by atoms with E-state index >= 15 is 0 Å². The molecule has 1 aromatic rings. The number of guanidine groups is 1. The fourth-order valence-electron chi connectivity index (χ4n) is 2.07. The first-order valence-electron chi connectivity index (χ1n) is 6.86. The molecule has 10 heteroatoms. The molecule has 0 bridgehead atoms. The van der Waals surface area contributed by atoms with Gasteiger partial charge in [0.1, 0.15) is 5.75 Å². The van der Waals surface area contributed by atoms with Crippen LogP contribution < -0.4 is 21.1 Å². The van der Waals surface area contributed by atoms with E-state index in [1.165, 1.54) is 7.11 Å². The molecule has 5 N–H and O–H groups in total. The van der Waals surface area contributed by atoms with E-state index in [9.17, 15) is 10.1 Å². The van der Waals surface area contributed by atoms with Gasteiger partial charge in [-0.3, -0.25) is 10.1 Å². The van der Waals surface area contributed by atoms with E-state index in [4.69, 9.17) is 15.6 Å². The molecule has 23 heavy (non-hydrogen) atoms. The molecular formula is C13H18N6O4. The van der Waals surface area contributed by atoms with E-state index in [0.717, 1.165) is 0 Å². The lowest BCUT2D eigenvalue weighted by molar-refractivity contribution is -0.506. The maximum absolute atomic E-state index is 11.3. The molecule has 1 aliphatic rings. The third-order valence-electron chi connectivity index (χ3n) is 3.10. The van der Waals surface area contributed by atoms with Crippen molar-refractivity contribution in [3.63, 3.8) is 0 Å². The van der Waals surface area contributed by atoms with E-state index in [0.29, 0.717) is 11.4 Å². The molecule has 0 spiro atoms. The molecule has 0 saturated heterocycles. The Morgan fingerprint density at radius 2 is 2.30 bits per heavy atom. The van der Waals surface area contributed by atoms with E-state index in [-0.39, 0.29) is 24.9 Å². The Bertz CT molecular complexity index is 633. The van der Waals surface area contributed by atoms with Gasteiger partial charge in [0.15, 0.2) is 12.0 Å². The normalized spacial score (nSPS) is 22.2. The first kappa shape index (κ1) is 16.6. The first-order valence-corrected chi connectivity index (χ1v) is 6.86. The molecule has 0 radical (unpaired) electrons. The molecule has 2 rings (SSSR count). The van der Waals surface area contributed by atoms with E-state index in [2.05, 4.69) is 20.6 Å². The number of benzene rings is 1. The highest BCUT2D eigenvalue weighted by atomic mass is 16.6. The van der Waals surface area contributed by atoms with Gasteiger partial charge in [0.2, 0.25) is 5.96 Å².